The topological polar surface area (TPSA) is 148 Å². The van der Waals surface area contributed by atoms with E-state index in [0.29, 0.717) is 65.2 Å². The lowest BCUT2D eigenvalue weighted by Crippen LogP contribution is -2.16. The largest absolute Gasteiger partial charge is 0.504 e. The number of Topliss-reactive ketones (excluding diaryl/α,β-unsaturated/α-hetero) is 2. The Morgan fingerprint density at radius 3 is 1.57 bits per heavy atom. The number of carbonyl (C=O) groups is 2. The summed E-state index contributed by atoms with van der Waals surface area (Å²) in [6, 6.07) is 8.65. The van der Waals surface area contributed by atoms with Crippen molar-refractivity contribution in [3.8, 4) is 23.0 Å². The number of aromatic hydroxyl groups is 1. The van der Waals surface area contributed by atoms with Crippen molar-refractivity contribution < 1.29 is 57.7 Å². The first-order chi connectivity index (χ1) is 19.5. The van der Waals surface area contributed by atoms with E-state index in [9.17, 15) is 14.7 Å². The van der Waals surface area contributed by atoms with Gasteiger partial charge in [-0.1, -0.05) is 0 Å². The minimum Gasteiger partial charge on any atom is -0.504 e. The molecule has 0 aromatic heterocycles. The molecule has 0 bridgehead atoms. The first-order valence-corrected chi connectivity index (χ1v) is 12.8. The monoisotopic (exact) mass is 566 g/mol. The standard InChI is InChI=1S/C28H38O12/c1-33-23-5-3-21(4-6-23)26(31)27(32)22-19-24(30)28(34-2)25(20-22)40-18-17-39-16-15-38-14-13-37-12-11-36-10-9-35-8-7-29/h3-6,19-20,29-30H,7-18H2,1-2H3. The Morgan fingerprint density at radius 1 is 0.625 bits per heavy atom. The molecule has 0 spiro atoms. The van der Waals surface area contributed by atoms with E-state index in [-0.39, 0.29) is 48.2 Å². The van der Waals surface area contributed by atoms with Gasteiger partial charge in [0.05, 0.1) is 86.9 Å². The van der Waals surface area contributed by atoms with Crippen LogP contribution in [-0.4, -0.2) is 115 Å². The molecule has 2 aromatic carbocycles. The lowest BCUT2D eigenvalue weighted by atomic mass is 10.0. The van der Waals surface area contributed by atoms with Crippen LogP contribution in [0.2, 0.25) is 0 Å². The van der Waals surface area contributed by atoms with Crippen molar-refractivity contribution in [3.05, 3.63) is 47.5 Å². The predicted molar refractivity (Wildman–Crippen MR) is 143 cm³/mol. The van der Waals surface area contributed by atoms with Gasteiger partial charge < -0.3 is 48.1 Å². The van der Waals surface area contributed by atoms with E-state index in [0.717, 1.165) is 6.07 Å². The number of carbonyl (C=O) groups excluding carboxylic acids is 2. The molecule has 222 valence electrons. The smallest absolute Gasteiger partial charge is 0.233 e. The molecule has 0 radical (unpaired) electrons. The molecule has 0 aliphatic heterocycles. The van der Waals surface area contributed by atoms with Gasteiger partial charge in [-0.2, -0.15) is 0 Å². The number of aliphatic hydroxyl groups is 1. The molecule has 0 aliphatic rings. The second-order valence-corrected chi connectivity index (χ2v) is 8.05. The van der Waals surface area contributed by atoms with Gasteiger partial charge in [0, 0.05) is 11.1 Å². The number of aliphatic hydroxyl groups excluding tert-OH is 1. The first kappa shape index (κ1) is 32.9. The van der Waals surface area contributed by atoms with E-state index in [2.05, 4.69) is 0 Å². The van der Waals surface area contributed by atoms with Crippen molar-refractivity contribution in [2.24, 2.45) is 0 Å². The number of methoxy groups -OCH3 is 2. The molecule has 0 atom stereocenters. The number of benzene rings is 2. The summed E-state index contributed by atoms with van der Waals surface area (Å²) in [7, 11) is 2.85. The maximum atomic E-state index is 12.8. The number of rotatable bonds is 23. The summed E-state index contributed by atoms with van der Waals surface area (Å²) in [5.74, 6) is -1.17. The molecular weight excluding hydrogens is 528 g/mol. The minimum atomic E-state index is -0.804. The highest BCUT2D eigenvalue weighted by Gasteiger charge is 2.22. The number of phenolic OH excluding ortho intramolecular Hbond substituents is 1. The Kier molecular flexibility index (Phi) is 16.3. The van der Waals surface area contributed by atoms with E-state index in [1.54, 1.807) is 12.1 Å². The molecule has 12 nitrogen and oxygen atoms in total. The fourth-order valence-corrected chi connectivity index (χ4v) is 3.29. The third-order valence-electron chi connectivity index (χ3n) is 5.27. The summed E-state index contributed by atoms with van der Waals surface area (Å²) in [5.41, 5.74) is 0.154. The van der Waals surface area contributed by atoms with E-state index < -0.39 is 11.6 Å². The maximum absolute atomic E-state index is 12.8. The Morgan fingerprint density at radius 2 is 1.10 bits per heavy atom. The highest BCUT2D eigenvalue weighted by Crippen LogP contribution is 2.38. The molecule has 2 aromatic rings. The van der Waals surface area contributed by atoms with E-state index in [4.69, 9.17) is 43.0 Å². The third kappa shape index (κ3) is 11.9. The number of ketones is 2. The van der Waals surface area contributed by atoms with E-state index >= 15 is 0 Å². The Labute approximate surface area is 233 Å². The van der Waals surface area contributed by atoms with Gasteiger partial charge >= 0.3 is 0 Å². The highest BCUT2D eigenvalue weighted by molar-refractivity contribution is 6.49. The van der Waals surface area contributed by atoms with E-state index in [1.807, 2.05) is 0 Å². The van der Waals surface area contributed by atoms with Gasteiger partial charge in [-0.3, -0.25) is 9.59 Å². The lowest BCUT2D eigenvalue weighted by Gasteiger charge is -2.14. The van der Waals surface area contributed by atoms with Crippen molar-refractivity contribution in [1.82, 2.24) is 0 Å². The first-order valence-electron chi connectivity index (χ1n) is 12.8. The van der Waals surface area contributed by atoms with Gasteiger partial charge in [-0.25, -0.2) is 0 Å². The van der Waals surface area contributed by atoms with Crippen molar-refractivity contribution in [3.63, 3.8) is 0 Å². The van der Waals surface area contributed by atoms with Gasteiger partial charge in [0.2, 0.25) is 17.3 Å². The zero-order chi connectivity index (χ0) is 29.0. The minimum absolute atomic E-state index is 0.00255. The summed E-state index contributed by atoms with van der Waals surface area (Å²) in [6.45, 7) is 3.92. The molecule has 12 heteroatoms. The highest BCUT2D eigenvalue weighted by atomic mass is 16.6. The zero-order valence-electron chi connectivity index (χ0n) is 22.9. The molecule has 0 fully saturated rings. The summed E-state index contributed by atoms with van der Waals surface area (Å²) in [5, 5.41) is 18.9. The van der Waals surface area contributed by atoms with Crippen LogP contribution >= 0.6 is 0 Å². The number of ether oxygens (including phenoxy) is 8. The van der Waals surface area contributed by atoms with Gasteiger partial charge in [0.15, 0.2) is 11.5 Å². The SMILES string of the molecule is COc1ccc(C(=O)C(=O)c2cc(O)c(OC)c(OCCOCCOCCOCCOCCOCCO)c2)cc1. The quantitative estimate of drug-likeness (QED) is 0.115. The van der Waals surface area contributed by atoms with Crippen LogP contribution in [0.25, 0.3) is 0 Å². The summed E-state index contributed by atoms with van der Waals surface area (Å²) in [6.07, 6.45) is 0. The molecule has 0 amide bonds. The summed E-state index contributed by atoms with van der Waals surface area (Å²) < 4.78 is 42.6. The molecule has 40 heavy (non-hydrogen) atoms. The second kappa shape index (κ2) is 19.7. The van der Waals surface area contributed by atoms with Crippen molar-refractivity contribution in [1.29, 1.82) is 0 Å². The summed E-state index contributed by atoms with van der Waals surface area (Å²) in [4.78, 5) is 25.4. The Balaban J connectivity index is 1.65. The molecule has 0 aliphatic carbocycles. The Hall–Kier alpha value is -3.26. The molecule has 0 saturated carbocycles. The van der Waals surface area contributed by atoms with Gasteiger partial charge in [0.25, 0.3) is 0 Å². The third-order valence-corrected chi connectivity index (χ3v) is 5.27. The lowest BCUT2D eigenvalue weighted by molar-refractivity contribution is -0.0147. The molecule has 2 rings (SSSR count). The van der Waals surface area contributed by atoms with E-state index in [1.165, 1.54) is 32.4 Å². The second-order valence-electron chi connectivity index (χ2n) is 8.05. The molecule has 0 saturated heterocycles. The fourth-order valence-electron chi connectivity index (χ4n) is 3.29. The van der Waals surface area contributed by atoms with Crippen LogP contribution in [0.5, 0.6) is 23.0 Å². The normalized spacial score (nSPS) is 10.9. The molecule has 0 heterocycles. The zero-order valence-corrected chi connectivity index (χ0v) is 22.9. The van der Waals surface area contributed by atoms with Crippen LogP contribution in [0.4, 0.5) is 0 Å². The number of hydrogen-bond acceptors (Lipinski definition) is 12. The van der Waals surface area contributed by atoms with Crippen LogP contribution < -0.4 is 14.2 Å². The van der Waals surface area contributed by atoms with Gasteiger partial charge in [-0.15, -0.1) is 0 Å². The number of phenols is 1. The average molecular weight is 567 g/mol. The van der Waals surface area contributed by atoms with Gasteiger partial charge in [0.1, 0.15) is 12.4 Å². The van der Waals surface area contributed by atoms with Crippen molar-refractivity contribution in [2.45, 2.75) is 0 Å². The summed E-state index contributed by atoms with van der Waals surface area (Å²) >= 11 is 0. The van der Waals surface area contributed by atoms with Crippen LogP contribution in [0, 0.1) is 0 Å². The Bertz CT molecular complexity index is 1010. The van der Waals surface area contributed by atoms with Crippen LogP contribution in [0.15, 0.2) is 36.4 Å². The van der Waals surface area contributed by atoms with Crippen LogP contribution in [0.1, 0.15) is 20.7 Å². The van der Waals surface area contributed by atoms with Crippen LogP contribution in [0.3, 0.4) is 0 Å². The molecular formula is C28H38O12. The molecule has 0 unspecified atom stereocenters. The molecule has 2 N–H and O–H groups in total. The average Bonchev–Trinajstić information content (AvgIpc) is 2.97. The predicted octanol–water partition coefficient (Wildman–Crippen LogP) is 1.93. The van der Waals surface area contributed by atoms with Crippen molar-refractivity contribution in [2.75, 3.05) is 93.5 Å². The van der Waals surface area contributed by atoms with Crippen molar-refractivity contribution >= 4 is 11.6 Å². The van der Waals surface area contributed by atoms with Crippen LogP contribution in [-0.2, 0) is 23.7 Å². The van der Waals surface area contributed by atoms with Gasteiger partial charge in [-0.05, 0) is 36.4 Å². The maximum Gasteiger partial charge on any atom is 0.233 e. The number of hydrogen-bond donors (Lipinski definition) is 2. The fraction of sp³-hybridized carbons (Fsp3) is 0.500.